The molecule has 0 aliphatic heterocycles. The average Bonchev–Trinajstić information content (AvgIpc) is 2.81. The molecule has 0 spiro atoms. The summed E-state index contributed by atoms with van der Waals surface area (Å²) in [5, 5.41) is 6.83. The number of hydrogen-bond donors (Lipinski definition) is 2. The SMILES string of the molecule is CCOC(=O)c1cc(N)ccc1Sc1n[nH]c(=O)n1CC. The molecule has 3 N–H and O–H groups in total. The third kappa shape index (κ3) is 3.27. The predicted molar refractivity (Wildman–Crippen MR) is 79.5 cm³/mol. The second kappa shape index (κ2) is 6.49. The fourth-order valence-corrected chi connectivity index (χ4v) is 2.76. The Morgan fingerprint density at radius 1 is 1.48 bits per heavy atom. The highest BCUT2D eigenvalue weighted by Gasteiger charge is 2.17. The van der Waals surface area contributed by atoms with Crippen LogP contribution in [0.5, 0.6) is 0 Å². The van der Waals surface area contributed by atoms with E-state index >= 15 is 0 Å². The molecule has 1 aromatic carbocycles. The van der Waals surface area contributed by atoms with Crippen molar-refractivity contribution in [3.8, 4) is 0 Å². The van der Waals surface area contributed by atoms with Gasteiger partial charge in [-0.25, -0.2) is 14.7 Å². The van der Waals surface area contributed by atoms with Crippen LogP contribution < -0.4 is 11.4 Å². The van der Waals surface area contributed by atoms with E-state index in [2.05, 4.69) is 10.2 Å². The number of carbonyl (C=O) groups is 1. The number of benzene rings is 1. The number of aromatic amines is 1. The average molecular weight is 308 g/mol. The molecule has 2 rings (SSSR count). The van der Waals surface area contributed by atoms with Gasteiger partial charge in [-0.05, 0) is 43.8 Å². The van der Waals surface area contributed by atoms with Gasteiger partial charge in [-0.1, -0.05) is 0 Å². The van der Waals surface area contributed by atoms with Crippen molar-refractivity contribution in [1.82, 2.24) is 14.8 Å². The highest BCUT2D eigenvalue weighted by atomic mass is 32.2. The van der Waals surface area contributed by atoms with Gasteiger partial charge in [-0.2, -0.15) is 0 Å². The zero-order valence-corrected chi connectivity index (χ0v) is 12.6. The number of carbonyl (C=O) groups excluding carboxylic acids is 1. The summed E-state index contributed by atoms with van der Waals surface area (Å²) < 4.78 is 6.50. The van der Waals surface area contributed by atoms with Crippen LogP contribution in [0.4, 0.5) is 5.69 Å². The van der Waals surface area contributed by atoms with E-state index in [0.717, 1.165) is 0 Å². The van der Waals surface area contributed by atoms with Crippen LogP contribution in [-0.2, 0) is 11.3 Å². The van der Waals surface area contributed by atoms with E-state index in [0.29, 0.717) is 27.8 Å². The van der Waals surface area contributed by atoms with Crippen molar-refractivity contribution in [3.63, 3.8) is 0 Å². The fraction of sp³-hybridized carbons (Fsp3) is 0.308. The van der Waals surface area contributed by atoms with E-state index in [4.69, 9.17) is 10.5 Å². The van der Waals surface area contributed by atoms with E-state index < -0.39 is 5.97 Å². The maximum atomic E-state index is 12.0. The molecule has 7 nitrogen and oxygen atoms in total. The summed E-state index contributed by atoms with van der Waals surface area (Å²) in [6, 6.07) is 4.96. The number of rotatable bonds is 5. The zero-order chi connectivity index (χ0) is 15.4. The Balaban J connectivity index is 2.39. The molecule has 8 heteroatoms. The van der Waals surface area contributed by atoms with Gasteiger partial charge in [0.25, 0.3) is 0 Å². The number of nitrogens with one attached hydrogen (secondary N) is 1. The van der Waals surface area contributed by atoms with Crippen molar-refractivity contribution in [3.05, 3.63) is 34.2 Å². The Kier molecular flexibility index (Phi) is 4.69. The van der Waals surface area contributed by atoms with Crippen LogP contribution in [0, 0.1) is 0 Å². The van der Waals surface area contributed by atoms with Crippen LogP contribution in [0.2, 0.25) is 0 Å². The van der Waals surface area contributed by atoms with Gasteiger partial charge in [0.15, 0.2) is 5.16 Å². The number of esters is 1. The van der Waals surface area contributed by atoms with Gasteiger partial charge in [-0.15, -0.1) is 5.10 Å². The molecule has 0 saturated heterocycles. The first-order chi connectivity index (χ1) is 10.1. The van der Waals surface area contributed by atoms with Gasteiger partial charge in [0.1, 0.15) is 0 Å². The Bertz CT molecular complexity index is 708. The van der Waals surface area contributed by atoms with Crippen LogP contribution in [0.1, 0.15) is 24.2 Å². The topological polar surface area (TPSA) is 103 Å². The standard InChI is InChI=1S/C13H16N4O3S/c1-3-17-12(19)15-16-13(17)21-10-6-5-8(14)7-9(10)11(18)20-4-2/h5-7H,3-4,14H2,1-2H3,(H,15,19). The molecule has 112 valence electrons. The lowest BCUT2D eigenvalue weighted by molar-refractivity contribution is 0.0522. The molecule has 0 aliphatic carbocycles. The normalized spacial score (nSPS) is 10.6. The van der Waals surface area contributed by atoms with E-state index in [1.807, 2.05) is 6.92 Å². The number of nitrogen functional groups attached to an aromatic ring is 1. The fourth-order valence-electron chi connectivity index (χ4n) is 1.76. The minimum atomic E-state index is -0.451. The van der Waals surface area contributed by atoms with Crippen LogP contribution in [0.3, 0.4) is 0 Å². The quantitative estimate of drug-likeness (QED) is 0.641. The number of hydrogen-bond acceptors (Lipinski definition) is 6. The van der Waals surface area contributed by atoms with Crippen LogP contribution in [-0.4, -0.2) is 27.3 Å². The lowest BCUT2D eigenvalue weighted by Gasteiger charge is -2.09. The summed E-state index contributed by atoms with van der Waals surface area (Å²) in [4.78, 5) is 24.2. The monoisotopic (exact) mass is 308 g/mol. The number of nitrogens with zero attached hydrogens (tertiary/aromatic N) is 2. The largest absolute Gasteiger partial charge is 0.462 e. The number of ether oxygens (including phenoxy) is 1. The zero-order valence-electron chi connectivity index (χ0n) is 11.8. The van der Waals surface area contributed by atoms with Crippen molar-refractivity contribution >= 4 is 23.4 Å². The van der Waals surface area contributed by atoms with Crippen LogP contribution in [0.25, 0.3) is 0 Å². The van der Waals surface area contributed by atoms with Crippen molar-refractivity contribution in [2.45, 2.75) is 30.4 Å². The highest BCUT2D eigenvalue weighted by molar-refractivity contribution is 7.99. The molecule has 0 bridgehead atoms. The summed E-state index contributed by atoms with van der Waals surface area (Å²) in [6.45, 7) is 4.34. The number of aromatic nitrogens is 3. The molecule has 0 fully saturated rings. The first-order valence-electron chi connectivity index (χ1n) is 6.46. The number of nitrogens with two attached hydrogens (primary N) is 1. The maximum absolute atomic E-state index is 12.0. The first kappa shape index (κ1) is 15.2. The third-order valence-electron chi connectivity index (χ3n) is 2.74. The summed E-state index contributed by atoms with van der Waals surface area (Å²) in [7, 11) is 0. The summed E-state index contributed by atoms with van der Waals surface area (Å²) in [6.07, 6.45) is 0. The Hall–Kier alpha value is -2.22. The van der Waals surface area contributed by atoms with E-state index in [9.17, 15) is 9.59 Å². The van der Waals surface area contributed by atoms with Gasteiger partial charge in [-0.3, -0.25) is 4.57 Å². The van der Waals surface area contributed by atoms with Crippen LogP contribution >= 0.6 is 11.8 Å². The highest BCUT2D eigenvalue weighted by Crippen LogP contribution is 2.30. The minimum absolute atomic E-state index is 0.278. The summed E-state index contributed by atoms with van der Waals surface area (Å²) in [5.41, 5.74) is 6.27. The van der Waals surface area contributed by atoms with E-state index in [-0.39, 0.29) is 12.3 Å². The summed E-state index contributed by atoms with van der Waals surface area (Å²) >= 11 is 1.21. The second-order valence-electron chi connectivity index (χ2n) is 4.13. The molecule has 0 aliphatic rings. The van der Waals surface area contributed by atoms with Crippen molar-refractivity contribution < 1.29 is 9.53 Å². The van der Waals surface area contributed by atoms with Crippen molar-refractivity contribution in [2.24, 2.45) is 0 Å². The molecule has 0 unspecified atom stereocenters. The molecule has 0 saturated carbocycles. The Morgan fingerprint density at radius 3 is 2.90 bits per heavy atom. The smallest absolute Gasteiger partial charge is 0.343 e. The van der Waals surface area contributed by atoms with Gasteiger partial charge in [0.05, 0.1) is 12.2 Å². The van der Waals surface area contributed by atoms with Crippen molar-refractivity contribution in [1.29, 1.82) is 0 Å². The molecule has 1 heterocycles. The molecular formula is C13H16N4O3S. The first-order valence-corrected chi connectivity index (χ1v) is 7.28. The Morgan fingerprint density at radius 2 is 2.24 bits per heavy atom. The maximum Gasteiger partial charge on any atom is 0.343 e. The van der Waals surface area contributed by atoms with E-state index in [1.165, 1.54) is 16.3 Å². The van der Waals surface area contributed by atoms with Crippen LogP contribution in [0.15, 0.2) is 33.0 Å². The number of anilines is 1. The molecule has 0 amide bonds. The van der Waals surface area contributed by atoms with Gasteiger partial charge < -0.3 is 10.5 Å². The van der Waals surface area contributed by atoms with Gasteiger partial charge in [0, 0.05) is 17.1 Å². The molecule has 1 aromatic heterocycles. The molecule has 0 atom stereocenters. The van der Waals surface area contributed by atoms with Gasteiger partial charge in [0.2, 0.25) is 0 Å². The molecule has 0 radical (unpaired) electrons. The lowest BCUT2D eigenvalue weighted by Crippen LogP contribution is -2.16. The minimum Gasteiger partial charge on any atom is -0.462 e. The summed E-state index contributed by atoms with van der Waals surface area (Å²) in [5.74, 6) is -0.451. The predicted octanol–water partition coefficient (Wildman–Crippen LogP) is 1.50. The van der Waals surface area contributed by atoms with Gasteiger partial charge >= 0.3 is 11.7 Å². The third-order valence-corrected chi connectivity index (χ3v) is 3.81. The Labute approximate surface area is 125 Å². The molecular weight excluding hydrogens is 292 g/mol. The lowest BCUT2D eigenvalue weighted by atomic mass is 10.2. The molecule has 21 heavy (non-hydrogen) atoms. The van der Waals surface area contributed by atoms with E-state index in [1.54, 1.807) is 25.1 Å². The molecule has 2 aromatic rings. The number of H-pyrrole nitrogens is 1. The second-order valence-corrected chi connectivity index (χ2v) is 5.14. The van der Waals surface area contributed by atoms with Crippen molar-refractivity contribution in [2.75, 3.05) is 12.3 Å².